The molecule has 0 amide bonds. The van der Waals surface area contributed by atoms with Gasteiger partial charge in [-0.15, -0.1) is 0 Å². The molecule has 0 rings (SSSR count). The second kappa shape index (κ2) is 31.0. The zero-order valence-electron chi connectivity index (χ0n) is 25.9. The number of aliphatic carboxylic acids is 1. The second-order valence-electron chi connectivity index (χ2n) is 11.3. The van der Waals surface area contributed by atoms with E-state index in [1.165, 1.54) is 103 Å². The Balaban J connectivity index is 3.83. The molecule has 0 aromatic rings. The number of unbranched alkanes of at least 4 members (excludes halogenated alkanes) is 17. The van der Waals surface area contributed by atoms with Gasteiger partial charge >= 0.3 is 11.9 Å². The van der Waals surface area contributed by atoms with Crippen molar-refractivity contribution in [1.29, 1.82) is 0 Å². The molecule has 0 aliphatic heterocycles. The van der Waals surface area contributed by atoms with Crippen LogP contribution in [0.1, 0.15) is 181 Å². The van der Waals surface area contributed by atoms with Crippen molar-refractivity contribution in [3.05, 3.63) is 24.3 Å². The van der Waals surface area contributed by atoms with Crippen LogP contribution in [0.4, 0.5) is 0 Å². The van der Waals surface area contributed by atoms with Gasteiger partial charge in [0.1, 0.15) is 6.10 Å². The number of carboxylic acids is 1. The summed E-state index contributed by atoms with van der Waals surface area (Å²) in [6, 6.07) is 0. The second-order valence-corrected chi connectivity index (χ2v) is 11.3. The molecule has 0 aliphatic rings. The summed E-state index contributed by atoms with van der Waals surface area (Å²) in [4.78, 5) is 23.2. The van der Waals surface area contributed by atoms with Gasteiger partial charge in [-0.2, -0.15) is 0 Å². The fourth-order valence-corrected chi connectivity index (χ4v) is 4.92. The van der Waals surface area contributed by atoms with Gasteiger partial charge in [-0.25, -0.2) is 0 Å². The molecule has 0 heterocycles. The van der Waals surface area contributed by atoms with Crippen LogP contribution in [0.2, 0.25) is 0 Å². The van der Waals surface area contributed by atoms with Crippen LogP contribution >= 0.6 is 0 Å². The van der Waals surface area contributed by atoms with Crippen LogP contribution in [-0.2, 0) is 14.3 Å². The minimum absolute atomic E-state index is 0.0437. The Bertz CT molecular complexity index is 595. The lowest BCUT2D eigenvalue weighted by molar-refractivity contribution is -0.150. The van der Waals surface area contributed by atoms with E-state index in [9.17, 15) is 9.59 Å². The predicted octanol–water partition coefficient (Wildman–Crippen LogP) is 11.3. The Morgan fingerprint density at radius 2 is 1.00 bits per heavy atom. The van der Waals surface area contributed by atoms with Gasteiger partial charge in [-0.05, 0) is 70.6 Å². The summed E-state index contributed by atoms with van der Waals surface area (Å²) in [5.74, 6) is -0.812. The Kier molecular flexibility index (Phi) is 29.7. The molecule has 0 bridgehead atoms. The van der Waals surface area contributed by atoms with E-state index in [1.807, 2.05) is 0 Å². The summed E-state index contributed by atoms with van der Waals surface area (Å²) in [6.45, 7) is 4.48. The van der Waals surface area contributed by atoms with Crippen LogP contribution in [0.5, 0.6) is 0 Å². The summed E-state index contributed by atoms with van der Waals surface area (Å²) >= 11 is 0. The van der Waals surface area contributed by atoms with Gasteiger partial charge in [0.25, 0.3) is 0 Å². The molecule has 39 heavy (non-hydrogen) atoms. The largest absolute Gasteiger partial charge is 0.481 e. The standard InChI is InChI=1S/C35H64O4/c1-3-5-7-9-11-12-13-14-15-16-17-18-19-20-22-24-26-32-35(38)39-33(30-27-28-31-34(36)37)29-25-23-21-10-8-6-4-2/h11-12,14-15,33H,3-10,13,16-32H2,1-2H3,(H,36,37)/b12-11-,15-14-. The molecule has 0 fully saturated rings. The van der Waals surface area contributed by atoms with E-state index in [0.29, 0.717) is 12.8 Å². The molecule has 1 unspecified atom stereocenters. The lowest BCUT2D eigenvalue weighted by atomic mass is 10.0. The molecule has 4 nitrogen and oxygen atoms in total. The third kappa shape index (κ3) is 30.8. The maximum absolute atomic E-state index is 12.4. The van der Waals surface area contributed by atoms with Crippen LogP contribution in [0, 0.1) is 0 Å². The van der Waals surface area contributed by atoms with E-state index in [-0.39, 0.29) is 18.5 Å². The molecule has 228 valence electrons. The van der Waals surface area contributed by atoms with Gasteiger partial charge in [0.05, 0.1) is 0 Å². The van der Waals surface area contributed by atoms with Gasteiger partial charge in [-0.1, -0.05) is 122 Å². The van der Waals surface area contributed by atoms with Gasteiger partial charge in [0, 0.05) is 12.8 Å². The third-order valence-electron chi connectivity index (χ3n) is 7.43. The van der Waals surface area contributed by atoms with Gasteiger partial charge in [0.2, 0.25) is 0 Å². The van der Waals surface area contributed by atoms with Crippen molar-refractivity contribution >= 4 is 11.9 Å². The van der Waals surface area contributed by atoms with Crippen LogP contribution in [0.25, 0.3) is 0 Å². The molecule has 0 aliphatic carbocycles. The fraction of sp³-hybridized carbons (Fsp3) is 0.829. The number of carboxylic acid groups (broad SMARTS) is 1. The van der Waals surface area contributed by atoms with E-state index in [1.54, 1.807) is 0 Å². The number of ether oxygens (including phenoxy) is 1. The Morgan fingerprint density at radius 3 is 1.59 bits per heavy atom. The summed E-state index contributed by atoms with van der Waals surface area (Å²) in [5, 5.41) is 8.87. The lowest BCUT2D eigenvalue weighted by Gasteiger charge is -2.18. The van der Waals surface area contributed by atoms with Crippen molar-refractivity contribution in [1.82, 2.24) is 0 Å². The molecular formula is C35H64O4. The molecule has 4 heteroatoms. The molecule has 0 spiro atoms. The van der Waals surface area contributed by atoms with E-state index in [2.05, 4.69) is 38.2 Å². The minimum atomic E-state index is -0.746. The molecule has 0 aromatic heterocycles. The van der Waals surface area contributed by atoms with Crippen LogP contribution in [-0.4, -0.2) is 23.1 Å². The van der Waals surface area contributed by atoms with E-state index < -0.39 is 5.97 Å². The highest BCUT2D eigenvalue weighted by atomic mass is 16.5. The maximum atomic E-state index is 12.4. The number of rotatable bonds is 30. The fourth-order valence-electron chi connectivity index (χ4n) is 4.92. The first-order valence-electron chi connectivity index (χ1n) is 16.8. The van der Waals surface area contributed by atoms with Crippen molar-refractivity contribution < 1.29 is 19.4 Å². The average molecular weight is 549 g/mol. The normalized spacial score (nSPS) is 12.5. The molecule has 0 saturated heterocycles. The lowest BCUT2D eigenvalue weighted by Crippen LogP contribution is -2.18. The van der Waals surface area contributed by atoms with Crippen LogP contribution < -0.4 is 0 Å². The van der Waals surface area contributed by atoms with E-state index in [0.717, 1.165) is 44.9 Å². The Labute approximate surface area is 242 Å². The first-order chi connectivity index (χ1) is 19.1. The number of hydrogen-bond acceptors (Lipinski definition) is 3. The first-order valence-corrected chi connectivity index (χ1v) is 16.8. The number of carbonyl (C=O) groups excluding carboxylic acids is 1. The summed E-state index contributed by atoms with van der Waals surface area (Å²) in [5.41, 5.74) is 0. The van der Waals surface area contributed by atoms with Crippen molar-refractivity contribution in [2.24, 2.45) is 0 Å². The minimum Gasteiger partial charge on any atom is -0.481 e. The topological polar surface area (TPSA) is 63.6 Å². The highest BCUT2D eigenvalue weighted by Crippen LogP contribution is 2.18. The van der Waals surface area contributed by atoms with Crippen molar-refractivity contribution in [2.45, 2.75) is 187 Å². The zero-order chi connectivity index (χ0) is 28.7. The molecule has 0 aromatic carbocycles. The summed E-state index contributed by atoms with van der Waals surface area (Å²) in [6.07, 6.45) is 37.6. The van der Waals surface area contributed by atoms with E-state index >= 15 is 0 Å². The van der Waals surface area contributed by atoms with Crippen molar-refractivity contribution in [3.63, 3.8) is 0 Å². The van der Waals surface area contributed by atoms with Gasteiger partial charge in [-0.3, -0.25) is 9.59 Å². The number of hydrogen-bond donors (Lipinski definition) is 1. The van der Waals surface area contributed by atoms with Crippen molar-refractivity contribution in [3.8, 4) is 0 Å². The third-order valence-corrected chi connectivity index (χ3v) is 7.43. The highest BCUT2D eigenvalue weighted by Gasteiger charge is 2.14. The molecular weight excluding hydrogens is 484 g/mol. The van der Waals surface area contributed by atoms with Gasteiger partial charge < -0.3 is 9.84 Å². The van der Waals surface area contributed by atoms with Gasteiger partial charge in [0.15, 0.2) is 0 Å². The monoisotopic (exact) mass is 548 g/mol. The smallest absolute Gasteiger partial charge is 0.306 e. The SMILES string of the molecule is CCCCC/C=C\C/C=C\CCCCCCCCCC(=O)OC(CCCCCCCCC)CCCCC(=O)O. The van der Waals surface area contributed by atoms with Crippen molar-refractivity contribution in [2.75, 3.05) is 0 Å². The van der Waals surface area contributed by atoms with Crippen LogP contribution in [0.15, 0.2) is 24.3 Å². The van der Waals surface area contributed by atoms with Crippen LogP contribution in [0.3, 0.4) is 0 Å². The summed E-state index contributed by atoms with van der Waals surface area (Å²) in [7, 11) is 0. The zero-order valence-corrected chi connectivity index (χ0v) is 25.9. The number of esters is 1. The molecule has 0 radical (unpaired) electrons. The Hall–Kier alpha value is -1.58. The Morgan fingerprint density at radius 1 is 0.564 bits per heavy atom. The molecule has 1 atom stereocenters. The maximum Gasteiger partial charge on any atom is 0.306 e. The first kappa shape index (κ1) is 37.4. The molecule has 1 N–H and O–H groups in total. The van der Waals surface area contributed by atoms with E-state index in [4.69, 9.17) is 9.84 Å². The molecule has 0 saturated carbocycles. The average Bonchev–Trinajstić information content (AvgIpc) is 2.92. The quantitative estimate of drug-likeness (QED) is 0.0550. The summed E-state index contributed by atoms with van der Waals surface area (Å²) < 4.78 is 5.83. The highest BCUT2D eigenvalue weighted by molar-refractivity contribution is 5.69. The number of carbonyl (C=O) groups is 2. The number of allylic oxidation sites excluding steroid dienone is 4. The predicted molar refractivity (Wildman–Crippen MR) is 167 cm³/mol.